The highest BCUT2D eigenvalue weighted by Crippen LogP contribution is 2.34. The van der Waals surface area contributed by atoms with Gasteiger partial charge in [0.25, 0.3) is 0 Å². The Morgan fingerprint density at radius 2 is 2.37 bits per heavy atom. The van der Waals surface area contributed by atoms with E-state index in [-0.39, 0.29) is 5.91 Å². The summed E-state index contributed by atoms with van der Waals surface area (Å²) in [5.41, 5.74) is 0.892. The number of nitrogens with zero attached hydrogens (tertiary/aromatic N) is 2. The van der Waals surface area contributed by atoms with Crippen molar-refractivity contribution in [2.24, 2.45) is 0 Å². The Bertz CT molecular complexity index is 556. The zero-order valence-electron chi connectivity index (χ0n) is 10.5. The second-order valence-corrected chi connectivity index (χ2v) is 5.39. The lowest BCUT2D eigenvalue weighted by atomic mass is 10.2. The Hall–Kier alpha value is -1.46. The number of anilines is 1. The maximum Gasteiger partial charge on any atom is 0.225 e. The third-order valence-electron chi connectivity index (χ3n) is 2.50. The molecule has 4 nitrogen and oxygen atoms in total. The molecule has 0 fully saturated rings. The quantitative estimate of drug-likeness (QED) is 0.907. The molecule has 100 valence electrons. The summed E-state index contributed by atoms with van der Waals surface area (Å²) in [6, 6.07) is 3.75. The van der Waals surface area contributed by atoms with Crippen molar-refractivity contribution >= 4 is 33.8 Å². The second kappa shape index (κ2) is 6.63. The van der Waals surface area contributed by atoms with Crippen LogP contribution in [0.4, 0.5) is 5.00 Å². The molecular formula is C13H14ClN3OS. The van der Waals surface area contributed by atoms with E-state index in [1.165, 1.54) is 11.3 Å². The first kappa shape index (κ1) is 14.0. The molecule has 0 saturated heterocycles. The summed E-state index contributed by atoms with van der Waals surface area (Å²) < 4.78 is 0. The van der Waals surface area contributed by atoms with Gasteiger partial charge in [-0.3, -0.25) is 9.78 Å². The molecule has 2 aromatic rings. The molecule has 6 heteroatoms. The van der Waals surface area contributed by atoms with Crippen LogP contribution in [0, 0.1) is 0 Å². The van der Waals surface area contributed by atoms with E-state index in [9.17, 15) is 4.79 Å². The van der Waals surface area contributed by atoms with Gasteiger partial charge in [0.2, 0.25) is 5.91 Å². The topological polar surface area (TPSA) is 54.9 Å². The third kappa shape index (κ3) is 3.75. The highest BCUT2D eigenvalue weighted by molar-refractivity contribution is 7.19. The van der Waals surface area contributed by atoms with Crippen molar-refractivity contribution in [3.63, 3.8) is 0 Å². The smallest absolute Gasteiger partial charge is 0.225 e. The first-order valence-corrected chi connectivity index (χ1v) is 7.26. The molecule has 1 N–H and O–H groups in total. The highest BCUT2D eigenvalue weighted by atomic mass is 35.5. The van der Waals surface area contributed by atoms with Gasteiger partial charge in [-0.25, -0.2) is 4.98 Å². The van der Waals surface area contributed by atoms with Crippen LogP contribution < -0.4 is 5.32 Å². The first-order valence-electron chi connectivity index (χ1n) is 6.07. The number of hydrogen-bond acceptors (Lipinski definition) is 4. The van der Waals surface area contributed by atoms with Gasteiger partial charge in [-0.1, -0.05) is 36.3 Å². The second-order valence-electron chi connectivity index (χ2n) is 4.03. The van der Waals surface area contributed by atoms with E-state index in [0.717, 1.165) is 23.4 Å². The van der Waals surface area contributed by atoms with E-state index in [4.69, 9.17) is 11.6 Å². The van der Waals surface area contributed by atoms with E-state index in [0.29, 0.717) is 16.6 Å². The van der Waals surface area contributed by atoms with Gasteiger partial charge in [0.15, 0.2) is 5.15 Å². The SMILES string of the molecule is CCCCC(=O)Nc1sc(-c2cccnc2)nc1Cl. The normalized spacial score (nSPS) is 10.4. The zero-order chi connectivity index (χ0) is 13.7. The number of amides is 1. The van der Waals surface area contributed by atoms with Crippen LogP contribution >= 0.6 is 22.9 Å². The van der Waals surface area contributed by atoms with Crippen LogP contribution in [0.5, 0.6) is 0 Å². The van der Waals surface area contributed by atoms with Crippen LogP contribution in [-0.4, -0.2) is 15.9 Å². The minimum Gasteiger partial charge on any atom is -0.315 e. The number of nitrogens with one attached hydrogen (secondary N) is 1. The van der Waals surface area contributed by atoms with Crippen LogP contribution in [0.15, 0.2) is 24.5 Å². The van der Waals surface area contributed by atoms with E-state index >= 15 is 0 Å². The number of aromatic nitrogens is 2. The van der Waals surface area contributed by atoms with Gasteiger partial charge in [-0.05, 0) is 18.6 Å². The summed E-state index contributed by atoms with van der Waals surface area (Å²) in [5.74, 6) is -0.0230. The van der Waals surface area contributed by atoms with E-state index in [1.54, 1.807) is 12.4 Å². The number of rotatable bonds is 5. The lowest BCUT2D eigenvalue weighted by Crippen LogP contribution is -2.09. The average Bonchev–Trinajstić information content (AvgIpc) is 2.79. The Morgan fingerprint density at radius 1 is 1.53 bits per heavy atom. The molecule has 0 spiro atoms. The van der Waals surface area contributed by atoms with Crippen molar-refractivity contribution < 1.29 is 4.79 Å². The number of thiazole rings is 1. The molecule has 0 aromatic carbocycles. The maximum absolute atomic E-state index is 11.7. The van der Waals surface area contributed by atoms with Gasteiger partial charge in [0.05, 0.1) is 0 Å². The molecule has 2 aromatic heterocycles. The van der Waals surface area contributed by atoms with E-state index < -0.39 is 0 Å². The molecule has 1 amide bonds. The fourth-order valence-electron chi connectivity index (χ4n) is 1.52. The fraction of sp³-hybridized carbons (Fsp3) is 0.308. The molecule has 0 aliphatic heterocycles. The van der Waals surface area contributed by atoms with E-state index in [1.807, 2.05) is 19.1 Å². The molecular weight excluding hydrogens is 282 g/mol. The Kier molecular flexibility index (Phi) is 4.87. The van der Waals surface area contributed by atoms with E-state index in [2.05, 4.69) is 15.3 Å². The highest BCUT2D eigenvalue weighted by Gasteiger charge is 2.13. The summed E-state index contributed by atoms with van der Waals surface area (Å²) >= 11 is 7.40. The fourth-order valence-corrected chi connectivity index (χ4v) is 2.68. The maximum atomic E-state index is 11.7. The average molecular weight is 296 g/mol. The molecule has 0 radical (unpaired) electrons. The van der Waals surface area contributed by atoms with Gasteiger partial charge >= 0.3 is 0 Å². The van der Waals surface area contributed by atoms with Gasteiger partial charge < -0.3 is 5.32 Å². The lowest BCUT2D eigenvalue weighted by Gasteiger charge is -2.00. The number of carbonyl (C=O) groups is 1. The Morgan fingerprint density at radius 3 is 3.05 bits per heavy atom. The molecule has 0 atom stereocenters. The van der Waals surface area contributed by atoms with Crippen LogP contribution in [-0.2, 0) is 4.79 Å². The standard InChI is InChI=1S/C13H14ClN3OS/c1-2-3-6-10(18)16-13-11(14)17-12(19-13)9-5-4-7-15-8-9/h4-5,7-8H,2-3,6H2,1H3,(H,16,18). The number of hydrogen-bond donors (Lipinski definition) is 1. The van der Waals surface area contributed by atoms with Gasteiger partial charge in [-0.15, -0.1) is 0 Å². The predicted octanol–water partition coefficient (Wildman–Crippen LogP) is 3.99. The number of pyridine rings is 1. The van der Waals surface area contributed by atoms with Crippen molar-refractivity contribution in [2.75, 3.05) is 5.32 Å². The van der Waals surface area contributed by atoms with Crippen LogP contribution in [0.1, 0.15) is 26.2 Å². The zero-order valence-corrected chi connectivity index (χ0v) is 12.1. The molecule has 0 bridgehead atoms. The minimum atomic E-state index is -0.0230. The van der Waals surface area contributed by atoms with Crippen LogP contribution in [0.2, 0.25) is 5.15 Å². The minimum absolute atomic E-state index is 0.0230. The summed E-state index contributed by atoms with van der Waals surface area (Å²) in [4.78, 5) is 19.9. The number of carbonyl (C=O) groups excluding carboxylic acids is 1. The van der Waals surface area contributed by atoms with Crippen molar-refractivity contribution in [3.05, 3.63) is 29.7 Å². The van der Waals surface area contributed by atoms with Crippen molar-refractivity contribution in [1.82, 2.24) is 9.97 Å². The molecule has 19 heavy (non-hydrogen) atoms. The van der Waals surface area contributed by atoms with Gasteiger partial charge in [0.1, 0.15) is 10.0 Å². The predicted molar refractivity (Wildman–Crippen MR) is 78.5 cm³/mol. The molecule has 0 aliphatic rings. The summed E-state index contributed by atoms with van der Waals surface area (Å²) in [7, 11) is 0. The largest absolute Gasteiger partial charge is 0.315 e. The molecule has 0 saturated carbocycles. The van der Waals surface area contributed by atoms with Crippen molar-refractivity contribution in [1.29, 1.82) is 0 Å². The summed E-state index contributed by atoms with van der Waals surface area (Å²) in [6.45, 7) is 2.05. The molecule has 0 aliphatic carbocycles. The number of halogens is 1. The number of unbranched alkanes of at least 4 members (excludes halogenated alkanes) is 1. The monoisotopic (exact) mass is 295 g/mol. The molecule has 0 unspecified atom stereocenters. The summed E-state index contributed by atoms with van der Waals surface area (Å²) in [5, 5.41) is 4.48. The first-order chi connectivity index (χ1) is 9.20. The van der Waals surface area contributed by atoms with Crippen molar-refractivity contribution in [2.45, 2.75) is 26.2 Å². The third-order valence-corrected chi connectivity index (χ3v) is 3.91. The molecule has 2 rings (SSSR count). The summed E-state index contributed by atoms with van der Waals surface area (Å²) in [6.07, 6.45) is 5.79. The van der Waals surface area contributed by atoms with Crippen LogP contribution in [0.3, 0.4) is 0 Å². The van der Waals surface area contributed by atoms with Crippen molar-refractivity contribution in [3.8, 4) is 10.6 Å². The van der Waals surface area contributed by atoms with Gasteiger partial charge in [0, 0.05) is 24.4 Å². The van der Waals surface area contributed by atoms with Gasteiger partial charge in [-0.2, -0.15) is 0 Å². The lowest BCUT2D eigenvalue weighted by molar-refractivity contribution is -0.116. The Balaban J connectivity index is 2.11. The van der Waals surface area contributed by atoms with Crippen LogP contribution in [0.25, 0.3) is 10.6 Å². The molecule has 2 heterocycles. The Labute approximate surface area is 120 Å².